The number of amides is 1. The van der Waals surface area contributed by atoms with Gasteiger partial charge in [0.2, 0.25) is 0 Å². The zero-order valence-electron chi connectivity index (χ0n) is 16.9. The Balaban J connectivity index is 1.42. The lowest BCUT2D eigenvalue weighted by atomic mass is 10.0. The molecule has 0 saturated carbocycles. The minimum absolute atomic E-state index is 0.109. The van der Waals surface area contributed by atoms with E-state index in [1.54, 1.807) is 0 Å². The molecule has 0 unspecified atom stereocenters. The molecule has 0 saturated heterocycles. The topological polar surface area (TPSA) is 55.1 Å². The lowest BCUT2D eigenvalue weighted by Crippen LogP contribution is -2.11. The highest BCUT2D eigenvalue weighted by Gasteiger charge is 2.09. The Kier molecular flexibility index (Phi) is 5.17. The van der Waals surface area contributed by atoms with Crippen molar-refractivity contribution in [3.8, 4) is 0 Å². The highest BCUT2D eigenvalue weighted by molar-refractivity contribution is 6.04. The average Bonchev–Trinajstić information content (AvgIpc) is 3.10. The number of aromatic nitrogens is 1. The van der Waals surface area contributed by atoms with E-state index >= 15 is 0 Å². The number of nitrogens with zero attached hydrogens (tertiary/aromatic N) is 1. The summed E-state index contributed by atoms with van der Waals surface area (Å²) in [4.78, 5) is 17.0. The van der Waals surface area contributed by atoms with Crippen LogP contribution in [0.15, 0.2) is 71.1 Å². The molecule has 1 amide bonds. The first-order valence-electron chi connectivity index (χ1n) is 9.84. The van der Waals surface area contributed by atoms with Crippen LogP contribution in [0.1, 0.15) is 52.7 Å². The molecule has 3 aromatic carbocycles. The van der Waals surface area contributed by atoms with E-state index in [1.807, 2.05) is 73.7 Å². The van der Waals surface area contributed by atoms with Crippen LogP contribution in [0, 0.1) is 6.92 Å². The zero-order chi connectivity index (χ0) is 20.4. The van der Waals surface area contributed by atoms with E-state index in [-0.39, 0.29) is 5.91 Å². The summed E-state index contributed by atoms with van der Waals surface area (Å²) in [6.45, 7) is 6.32. The smallest absolute Gasteiger partial charge is 0.255 e. The fourth-order valence-electron chi connectivity index (χ4n) is 3.26. The average molecular weight is 384 g/mol. The quantitative estimate of drug-likeness (QED) is 0.452. The van der Waals surface area contributed by atoms with Crippen molar-refractivity contribution in [2.24, 2.45) is 0 Å². The molecule has 4 nitrogen and oxygen atoms in total. The van der Waals surface area contributed by atoms with E-state index in [2.05, 4.69) is 24.1 Å². The standard InChI is InChI=1S/C25H24N2O2/c1-16(2)19-7-9-20(10-8-19)25(28)26-21-11-5-18(6-12-21)15-24-27-22-14-17(3)4-13-23(22)29-24/h4-14,16H,15H2,1-3H3,(H,26,28). The number of carbonyl (C=O) groups excluding carboxylic acids is 1. The molecule has 0 aliphatic rings. The third-order valence-electron chi connectivity index (χ3n) is 4.99. The zero-order valence-corrected chi connectivity index (χ0v) is 16.9. The van der Waals surface area contributed by atoms with E-state index in [0.29, 0.717) is 23.8 Å². The first kappa shape index (κ1) is 18.9. The SMILES string of the molecule is Cc1ccc2oc(Cc3ccc(NC(=O)c4ccc(C(C)C)cc4)cc3)nc2c1. The van der Waals surface area contributed by atoms with Gasteiger partial charge in [-0.2, -0.15) is 0 Å². The highest BCUT2D eigenvalue weighted by Crippen LogP contribution is 2.20. The molecule has 146 valence electrons. The van der Waals surface area contributed by atoms with E-state index in [4.69, 9.17) is 4.42 Å². The molecule has 1 aromatic heterocycles. The summed E-state index contributed by atoms with van der Waals surface area (Å²) in [5, 5.41) is 2.95. The number of carbonyl (C=O) groups is 1. The van der Waals surface area contributed by atoms with Gasteiger partial charge in [-0.1, -0.05) is 44.2 Å². The van der Waals surface area contributed by atoms with Gasteiger partial charge in [-0.3, -0.25) is 4.79 Å². The molecule has 0 fully saturated rings. The number of fused-ring (bicyclic) bond motifs is 1. The van der Waals surface area contributed by atoms with Gasteiger partial charge in [0.05, 0.1) is 0 Å². The molecule has 4 heteroatoms. The minimum Gasteiger partial charge on any atom is -0.440 e. The third kappa shape index (κ3) is 4.37. The van der Waals surface area contributed by atoms with Crippen LogP contribution in [0.2, 0.25) is 0 Å². The molecule has 1 N–H and O–H groups in total. The van der Waals surface area contributed by atoms with Crippen LogP contribution in [0.25, 0.3) is 11.1 Å². The third-order valence-corrected chi connectivity index (χ3v) is 4.99. The fraction of sp³-hybridized carbons (Fsp3) is 0.200. The molecule has 0 radical (unpaired) electrons. The minimum atomic E-state index is -0.109. The number of hydrogen-bond acceptors (Lipinski definition) is 3. The summed E-state index contributed by atoms with van der Waals surface area (Å²) in [5.74, 6) is 1.03. The van der Waals surface area contributed by atoms with Crippen molar-refractivity contribution in [2.45, 2.75) is 33.1 Å². The van der Waals surface area contributed by atoms with Crippen LogP contribution in [0.3, 0.4) is 0 Å². The van der Waals surface area contributed by atoms with Gasteiger partial charge in [-0.15, -0.1) is 0 Å². The molecule has 0 aliphatic carbocycles. The second-order valence-electron chi connectivity index (χ2n) is 7.68. The predicted octanol–water partition coefficient (Wildman–Crippen LogP) is 6.10. The molecular weight excluding hydrogens is 360 g/mol. The van der Waals surface area contributed by atoms with Crippen molar-refractivity contribution in [3.63, 3.8) is 0 Å². The van der Waals surface area contributed by atoms with Crippen molar-refractivity contribution in [1.29, 1.82) is 0 Å². The fourth-order valence-corrected chi connectivity index (χ4v) is 3.26. The molecule has 1 heterocycles. The van der Waals surface area contributed by atoms with Gasteiger partial charge in [0.1, 0.15) is 5.52 Å². The number of nitrogens with one attached hydrogen (secondary N) is 1. The van der Waals surface area contributed by atoms with Crippen molar-refractivity contribution in [3.05, 3.63) is 94.9 Å². The maximum Gasteiger partial charge on any atom is 0.255 e. The molecule has 0 aliphatic heterocycles. The number of aryl methyl sites for hydroxylation is 1. The van der Waals surface area contributed by atoms with E-state index in [9.17, 15) is 4.79 Å². The summed E-state index contributed by atoms with van der Waals surface area (Å²) in [5.41, 5.74) is 6.56. The number of hydrogen-bond donors (Lipinski definition) is 1. The van der Waals surface area contributed by atoms with Crippen LogP contribution < -0.4 is 5.32 Å². The first-order chi connectivity index (χ1) is 14.0. The van der Waals surface area contributed by atoms with Crippen LogP contribution in [0.5, 0.6) is 0 Å². The number of oxazole rings is 1. The normalized spacial score (nSPS) is 11.2. The summed E-state index contributed by atoms with van der Waals surface area (Å²) in [7, 11) is 0. The maximum absolute atomic E-state index is 12.5. The molecule has 0 spiro atoms. The van der Waals surface area contributed by atoms with Gasteiger partial charge in [-0.25, -0.2) is 4.98 Å². The van der Waals surface area contributed by atoms with Gasteiger partial charge in [0.25, 0.3) is 5.91 Å². The molecule has 0 bridgehead atoms. The second-order valence-corrected chi connectivity index (χ2v) is 7.68. The van der Waals surface area contributed by atoms with Crippen molar-refractivity contribution in [2.75, 3.05) is 5.32 Å². The summed E-state index contributed by atoms with van der Waals surface area (Å²) in [6.07, 6.45) is 0.610. The Morgan fingerprint density at radius 2 is 1.72 bits per heavy atom. The lowest BCUT2D eigenvalue weighted by molar-refractivity contribution is 0.102. The Labute approximate surface area is 170 Å². The van der Waals surface area contributed by atoms with Crippen molar-refractivity contribution < 1.29 is 9.21 Å². The van der Waals surface area contributed by atoms with Gasteiger partial charge in [0.15, 0.2) is 11.5 Å². The molecule has 4 aromatic rings. The predicted molar refractivity (Wildman–Crippen MR) is 116 cm³/mol. The first-order valence-corrected chi connectivity index (χ1v) is 9.84. The lowest BCUT2D eigenvalue weighted by Gasteiger charge is -2.08. The molecule has 4 rings (SSSR count). The van der Waals surface area contributed by atoms with Crippen molar-refractivity contribution >= 4 is 22.7 Å². The Bertz CT molecular complexity index is 1140. The van der Waals surface area contributed by atoms with Gasteiger partial charge >= 0.3 is 0 Å². The number of rotatable bonds is 5. The number of anilines is 1. The van der Waals surface area contributed by atoms with Crippen molar-refractivity contribution in [1.82, 2.24) is 4.98 Å². The van der Waals surface area contributed by atoms with Crippen LogP contribution in [-0.2, 0) is 6.42 Å². The van der Waals surface area contributed by atoms with E-state index in [1.165, 1.54) is 5.56 Å². The Morgan fingerprint density at radius 3 is 2.41 bits per heavy atom. The molecular formula is C25H24N2O2. The second kappa shape index (κ2) is 7.92. The molecule has 0 atom stereocenters. The van der Waals surface area contributed by atoms with E-state index < -0.39 is 0 Å². The van der Waals surface area contributed by atoms with Crippen LogP contribution >= 0.6 is 0 Å². The summed E-state index contributed by atoms with van der Waals surface area (Å²) in [6, 6.07) is 21.5. The summed E-state index contributed by atoms with van der Waals surface area (Å²) < 4.78 is 5.83. The van der Waals surface area contributed by atoms with Crippen LogP contribution in [-0.4, -0.2) is 10.9 Å². The van der Waals surface area contributed by atoms with Crippen LogP contribution in [0.4, 0.5) is 5.69 Å². The maximum atomic E-state index is 12.5. The highest BCUT2D eigenvalue weighted by atomic mass is 16.3. The van der Waals surface area contributed by atoms with E-state index in [0.717, 1.165) is 27.9 Å². The largest absolute Gasteiger partial charge is 0.440 e. The van der Waals surface area contributed by atoms with Gasteiger partial charge in [0, 0.05) is 17.7 Å². The number of benzene rings is 3. The Morgan fingerprint density at radius 1 is 1.00 bits per heavy atom. The summed E-state index contributed by atoms with van der Waals surface area (Å²) >= 11 is 0. The van der Waals surface area contributed by atoms with Gasteiger partial charge < -0.3 is 9.73 Å². The monoisotopic (exact) mass is 384 g/mol. The molecule has 29 heavy (non-hydrogen) atoms. The van der Waals surface area contributed by atoms with Gasteiger partial charge in [-0.05, 0) is 65.9 Å². The Hall–Kier alpha value is -3.40.